The first kappa shape index (κ1) is 26.9. The van der Waals surface area contributed by atoms with Crippen molar-refractivity contribution in [1.29, 1.82) is 0 Å². The van der Waals surface area contributed by atoms with Gasteiger partial charge in [0.05, 0.1) is 17.0 Å². The molecule has 1 N–H and O–H groups in total. The number of piperidine rings is 1. The molecular formula is C24H27ClF3N7O2S. The summed E-state index contributed by atoms with van der Waals surface area (Å²) >= 11 is 6.67. The Balaban J connectivity index is 1.40. The first-order chi connectivity index (χ1) is 18.0. The zero-order valence-electron chi connectivity index (χ0n) is 20.6. The van der Waals surface area contributed by atoms with E-state index in [1.165, 1.54) is 16.8 Å². The Morgan fingerprint density at radius 3 is 2.50 bits per heavy atom. The lowest BCUT2D eigenvalue weighted by atomic mass is 10.1. The van der Waals surface area contributed by atoms with Crippen molar-refractivity contribution in [2.24, 2.45) is 0 Å². The van der Waals surface area contributed by atoms with Crippen LogP contribution in [0.3, 0.4) is 0 Å². The zero-order valence-corrected chi connectivity index (χ0v) is 22.2. The molecule has 5 rings (SSSR count). The number of imidazole rings is 1. The largest absolute Gasteiger partial charge is 0.420 e. The highest BCUT2D eigenvalue weighted by Crippen LogP contribution is 2.36. The van der Waals surface area contributed by atoms with Gasteiger partial charge in [-0.05, 0) is 44.0 Å². The third-order valence-corrected chi connectivity index (χ3v) is 8.59. The van der Waals surface area contributed by atoms with Gasteiger partial charge in [0.1, 0.15) is 23.3 Å². The minimum atomic E-state index is -4.69. The van der Waals surface area contributed by atoms with Crippen molar-refractivity contribution in [3.8, 4) is 17.1 Å². The summed E-state index contributed by atoms with van der Waals surface area (Å²) in [4.78, 5) is 14.6. The molecule has 0 amide bonds. The maximum Gasteiger partial charge on any atom is 0.420 e. The average molecular weight is 570 g/mol. The summed E-state index contributed by atoms with van der Waals surface area (Å²) in [5.74, 6) is 0.0231. The van der Waals surface area contributed by atoms with Gasteiger partial charge < -0.3 is 9.88 Å². The molecule has 2 aliphatic heterocycles. The maximum atomic E-state index is 13.9. The van der Waals surface area contributed by atoms with Crippen LogP contribution in [0.4, 0.5) is 19.1 Å². The van der Waals surface area contributed by atoms with Gasteiger partial charge in [-0.3, -0.25) is 4.90 Å². The summed E-state index contributed by atoms with van der Waals surface area (Å²) < 4.78 is 68.0. The number of benzene rings is 1. The molecular weight excluding hydrogens is 543 g/mol. The maximum absolute atomic E-state index is 13.9. The third-order valence-electron chi connectivity index (χ3n) is 6.85. The van der Waals surface area contributed by atoms with E-state index in [4.69, 9.17) is 11.6 Å². The second kappa shape index (κ2) is 10.4. The fraction of sp³-hybridized carbons (Fsp3) is 0.458. The number of sulfonamides is 1. The molecule has 38 heavy (non-hydrogen) atoms. The lowest BCUT2D eigenvalue weighted by Gasteiger charge is -2.31. The highest BCUT2D eigenvalue weighted by atomic mass is 35.5. The molecule has 9 nitrogen and oxygen atoms in total. The molecule has 3 aromatic rings. The Labute approximate surface area is 223 Å². The number of hydrogen-bond donors (Lipinski definition) is 1. The molecule has 4 heterocycles. The Bertz CT molecular complexity index is 1420. The van der Waals surface area contributed by atoms with E-state index in [0.717, 1.165) is 37.5 Å². The summed E-state index contributed by atoms with van der Waals surface area (Å²) in [6, 6.07) is 5.41. The molecule has 0 unspecified atom stereocenters. The Morgan fingerprint density at radius 1 is 1.13 bits per heavy atom. The van der Waals surface area contributed by atoms with E-state index in [-0.39, 0.29) is 23.4 Å². The number of alkyl halides is 3. The lowest BCUT2D eigenvalue weighted by molar-refractivity contribution is -0.137. The van der Waals surface area contributed by atoms with Crippen LogP contribution in [-0.4, -0.2) is 75.6 Å². The van der Waals surface area contributed by atoms with E-state index < -0.39 is 21.8 Å². The van der Waals surface area contributed by atoms with Crippen molar-refractivity contribution >= 4 is 27.6 Å². The van der Waals surface area contributed by atoms with Crippen molar-refractivity contribution in [3.63, 3.8) is 0 Å². The third kappa shape index (κ3) is 5.80. The molecule has 0 spiro atoms. The number of nitrogens with zero attached hydrogens (tertiary/aromatic N) is 6. The number of likely N-dealkylation sites (tertiary alicyclic amines) is 1. The number of halogens is 4. The monoisotopic (exact) mass is 569 g/mol. The van der Waals surface area contributed by atoms with E-state index >= 15 is 0 Å². The number of hydrogen-bond acceptors (Lipinski definition) is 7. The van der Waals surface area contributed by atoms with Crippen molar-refractivity contribution in [1.82, 2.24) is 28.7 Å². The van der Waals surface area contributed by atoms with Crippen LogP contribution in [-0.2, 0) is 22.7 Å². The molecule has 204 valence electrons. The van der Waals surface area contributed by atoms with Crippen molar-refractivity contribution in [2.45, 2.75) is 38.0 Å². The van der Waals surface area contributed by atoms with Gasteiger partial charge in [0.15, 0.2) is 0 Å². The van der Waals surface area contributed by atoms with Crippen LogP contribution in [0.15, 0.2) is 36.9 Å². The second-order valence-corrected chi connectivity index (χ2v) is 11.9. The predicted octanol–water partition coefficient (Wildman–Crippen LogP) is 4.04. The van der Waals surface area contributed by atoms with Gasteiger partial charge in [-0.15, -0.1) is 0 Å². The Hall–Kier alpha value is -2.74. The summed E-state index contributed by atoms with van der Waals surface area (Å²) in [7, 11) is -3.29. The summed E-state index contributed by atoms with van der Waals surface area (Å²) in [6.07, 6.45) is 2.21. The van der Waals surface area contributed by atoms with Gasteiger partial charge >= 0.3 is 6.18 Å². The zero-order chi connectivity index (χ0) is 27.1. The number of nitrogens with one attached hydrogen (secondary N) is 1. The smallest absolute Gasteiger partial charge is 0.351 e. The van der Waals surface area contributed by atoms with Crippen LogP contribution in [0, 0.1) is 0 Å². The lowest BCUT2D eigenvalue weighted by Crippen LogP contribution is -2.42. The topological polar surface area (TPSA) is 96.2 Å². The summed E-state index contributed by atoms with van der Waals surface area (Å²) in [6.45, 7) is 3.35. The number of anilines is 1. The second-order valence-electron chi connectivity index (χ2n) is 9.58. The Morgan fingerprint density at radius 2 is 1.87 bits per heavy atom. The molecule has 2 saturated heterocycles. The van der Waals surface area contributed by atoms with Gasteiger partial charge in [0.25, 0.3) is 0 Å². The fourth-order valence-electron chi connectivity index (χ4n) is 4.61. The number of rotatable bonds is 7. The molecule has 0 atom stereocenters. The minimum Gasteiger partial charge on any atom is -0.351 e. The van der Waals surface area contributed by atoms with Crippen LogP contribution in [0.2, 0.25) is 5.02 Å². The van der Waals surface area contributed by atoms with Crippen molar-refractivity contribution in [2.75, 3.05) is 37.8 Å². The van der Waals surface area contributed by atoms with Crippen LogP contribution >= 0.6 is 11.6 Å². The molecule has 1 aromatic carbocycles. The van der Waals surface area contributed by atoms with E-state index in [2.05, 4.69) is 25.2 Å². The van der Waals surface area contributed by atoms with Crippen molar-refractivity contribution in [3.05, 3.63) is 53.1 Å². The molecule has 2 aromatic heterocycles. The van der Waals surface area contributed by atoms with Crippen LogP contribution in [0.5, 0.6) is 0 Å². The van der Waals surface area contributed by atoms with Gasteiger partial charge in [-0.25, -0.2) is 27.7 Å². The predicted molar refractivity (Wildman–Crippen MR) is 138 cm³/mol. The first-order valence-electron chi connectivity index (χ1n) is 12.2. The molecule has 0 bridgehead atoms. The van der Waals surface area contributed by atoms with E-state index in [9.17, 15) is 21.6 Å². The van der Waals surface area contributed by atoms with Crippen LogP contribution in [0.25, 0.3) is 17.1 Å². The first-order valence-corrected chi connectivity index (χ1v) is 14.4. The van der Waals surface area contributed by atoms with Gasteiger partial charge in [0, 0.05) is 38.1 Å². The van der Waals surface area contributed by atoms with E-state index in [1.807, 2.05) is 12.1 Å². The quantitative estimate of drug-likeness (QED) is 0.459. The molecule has 0 saturated carbocycles. The summed E-state index contributed by atoms with van der Waals surface area (Å²) in [5.41, 5.74) is 0.222. The molecule has 2 aliphatic rings. The SMILES string of the molecule is CS(=O)(=O)N1CCC(Nc2ncc(C(F)(F)F)c(-c3cn(-c4cccc(CN5CCC5)c4Cl)cn3)n2)CC1. The minimum absolute atomic E-state index is 0.0231. The normalized spacial score (nSPS) is 17.9. The van der Waals surface area contributed by atoms with Crippen LogP contribution < -0.4 is 5.32 Å². The fourth-order valence-corrected chi connectivity index (χ4v) is 5.77. The number of aromatic nitrogens is 4. The average Bonchev–Trinajstić information content (AvgIpc) is 3.31. The van der Waals surface area contributed by atoms with Gasteiger partial charge in [-0.1, -0.05) is 23.7 Å². The van der Waals surface area contributed by atoms with Gasteiger partial charge in [-0.2, -0.15) is 13.2 Å². The van der Waals surface area contributed by atoms with Crippen LogP contribution in [0.1, 0.15) is 30.4 Å². The van der Waals surface area contributed by atoms with Crippen molar-refractivity contribution < 1.29 is 21.6 Å². The molecule has 2 fully saturated rings. The summed E-state index contributed by atoms with van der Waals surface area (Å²) in [5, 5.41) is 3.57. The van der Waals surface area contributed by atoms with E-state index in [0.29, 0.717) is 43.2 Å². The highest BCUT2D eigenvalue weighted by molar-refractivity contribution is 7.88. The standard InChI is InChI=1S/C24H27ClF3N7O2S/c1-38(36,37)35-10-6-17(7-11-35)31-23-29-12-18(24(26,27)28)22(32-23)19-14-34(15-30-19)20-5-2-4-16(21(20)25)13-33-8-3-9-33/h2,4-5,12,14-15,17H,3,6-11,13H2,1H3,(H,29,31,32). The molecule has 14 heteroatoms. The molecule has 0 radical (unpaired) electrons. The van der Waals surface area contributed by atoms with Gasteiger partial charge in [0.2, 0.25) is 16.0 Å². The highest BCUT2D eigenvalue weighted by Gasteiger charge is 2.36. The van der Waals surface area contributed by atoms with E-state index in [1.54, 1.807) is 10.6 Å². The Kier molecular flexibility index (Phi) is 7.37. The molecule has 0 aliphatic carbocycles.